The van der Waals surface area contributed by atoms with E-state index in [0.29, 0.717) is 18.7 Å². The van der Waals surface area contributed by atoms with E-state index in [9.17, 15) is 4.39 Å². The van der Waals surface area contributed by atoms with Gasteiger partial charge in [-0.1, -0.05) is 12.1 Å². The van der Waals surface area contributed by atoms with Gasteiger partial charge in [-0.3, -0.25) is 0 Å². The lowest BCUT2D eigenvalue weighted by Crippen LogP contribution is -2.30. The van der Waals surface area contributed by atoms with E-state index >= 15 is 0 Å². The van der Waals surface area contributed by atoms with Gasteiger partial charge in [0, 0.05) is 20.1 Å². The number of rotatable bonds is 6. The zero-order valence-electron chi connectivity index (χ0n) is 10.9. The second-order valence-electron chi connectivity index (χ2n) is 4.51. The molecule has 0 heterocycles. The molecule has 0 fully saturated rings. The summed E-state index contributed by atoms with van der Waals surface area (Å²) in [4.78, 5) is 4.04. The molecule has 0 aromatic heterocycles. The zero-order valence-corrected chi connectivity index (χ0v) is 10.9. The quantitative estimate of drug-likeness (QED) is 0.813. The molecule has 0 amide bonds. The van der Waals surface area contributed by atoms with E-state index in [2.05, 4.69) is 4.90 Å². The summed E-state index contributed by atoms with van der Waals surface area (Å²) in [6.45, 7) is 2.23. The Morgan fingerprint density at radius 3 is 2.47 bits per heavy atom. The second kappa shape index (κ2) is 6.57. The highest BCUT2D eigenvalue weighted by atomic mass is 19.1. The van der Waals surface area contributed by atoms with E-state index in [-0.39, 0.29) is 5.82 Å². The van der Waals surface area contributed by atoms with Crippen LogP contribution < -0.4 is 10.6 Å². The van der Waals surface area contributed by atoms with Crippen LogP contribution in [0, 0.1) is 5.82 Å². The van der Waals surface area contributed by atoms with Gasteiger partial charge in [-0.15, -0.1) is 0 Å². The van der Waals surface area contributed by atoms with Gasteiger partial charge in [-0.2, -0.15) is 0 Å². The summed E-state index contributed by atoms with van der Waals surface area (Å²) in [6.07, 6.45) is 0.708. The molecule has 1 aromatic carbocycles. The van der Waals surface area contributed by atoms with Crippen LogP contribution in [-0.2, 0) is 6.42 Å². The maximum absolute atomic E-state index is 13.9. The molecule has 3 nitrogen and oxygen atoms in total. The molecule has 1 aromatic rings. The molecule has 2 N–H and O–H groups in total. The first-order chi connectivity index (χ1) is 8.06. The highest BCUT2D eigenvalue weighted by Gasteiger charge is 2.12. The van der Waals surface area contributed by atoms with E-state index in [4.69, 9.17) is 5.73 Å². The van der Waals surface area contributed by atoms with E-state index in [1.807, 2.05) is 32.1 Å². The Morgan fingerprint density at radius 1 is 1.18 bits per heavy atom. The summed E-state index contributed by atoms with van der Waals surface area (Å²) >= 11 is 0. The third-order valence-corrected chi connectivity index (χ3v) is 2.75. The van der Waals surface area contributed by atoms with Gasteiger partial charge < -0.3 is 15.5 Å². The van der Waals surface area contributed by atoms with Crippen molar-refractivity contribution in [2.75, 3.05) is 45.7 Å². The van der Waals surface area contributed by atoms with Crippen molar-refractivity contribution in [1.82, 2.24) is 4.90 Å². The molecule has 0 spiro atoms. The molecule has 96 valence electrons. The van der Waals surface area contributed by atoms with Crippen LogP contribution in [0.3, 0.4) is 0 Å². The second-order valence-corrected chi connectivity index (χ2v) is 4.51. The molecule has 0 saturated carbocycles. The summed E-state index contributed by atoms with van der Waals surface area (Å²) in [5.74, 6) is -0.169. The van der Waals surface area contributed by atoms with Crippen molar-refractivity contribution in [3.05, 3.63) is 29.6 Å². The minimum Gasteiger partial charge on any atom is -0.371 e. The number of hydrogen-bond acceptors (Lipinski definition) is 3. The molecule has 0 unspecified atom stereocenters. The molecule has 0 atom stereocenters. The number of anilines is 1. The lowest BCUT2D eigenvalue weighted by molar-refractivity contribution is 0.415. The molecular weight excluding hydrogens is 217 g/mol. The number of nitrogens with two attached hydrogens (primary N) is 1. The summed E-state index contributed by atoms with van der Waals surface area (Å²) < 4.78 is 13.9. The Labute approximate surface area is 103 Å². The number of hydrogen-bond donors (Lipinski definition) is 1. The lowest BCUT2D eigenvalue weighted by Gasteiger charge is -2.24. The number of para-hydroxylation sites is 1. The van der Waals surface area contributed by atoms with Gasteiger partial charge in [-0.05, 0) is 38.7 Å². The number of likely N-dealkylation sites (N-methyl/N-ethyl adjacent to an activating group) is 2. The Hall–Kier alpha value is -1.13. The van der Waals surface area contributed by atoms with E-state index < -0.39 is 0 Å². The van der Waals surface area contributed by atoms with Crippen LogP contribution in [0.25, 0.3) is 0 Å². The van der Waals surface area contributed by atoms with Crippen molar-refractivity contribution < 1.29 is 4.39 Å². The smallest absolute Gasteiger partial charge is 0.146 e. The highest BCUT2D eigenvalue weighted by molar-refractivity contribution is 5.54. The average molecular weight is 239 g/mol. The lowest BCUT2D eigenvalue weighted by atomic mass is 10.1. The zero-order chi connectivity index (χ0) is 12.8. The molecule has 17 heavy (non-hydrogen) atoms. The molecule has 0 aliphatic rings. The van der Waals surface area contributed by atoms with Gasteiger partial charge in [0.05, 0.1) is 5.69 Å². The van der Waals surface area contributed by atoms with E-state index in [1.165, 1.54) is 6.07 Å². The highest BCUT2D eigenvalue weighted by Crippen LogP contribution is 2.23. The van der Waals surface area contributed by atoms with Crippen LogP contribution in [0.1, 0.15) is 5.56 Å². The third kappa shape index (κ3) is 3.98. The average Bonchev–Trinajstić information content (AvgIpc) is 2.26. The van der Waals surface area contributed by atoms with Crippen LogP contribution in [0.2, 0.25) is 0 Å². The van der Waals surface area contributed by atoms with E-state index in [0.717, 1.165) is 18.7 Å². The first kappa shape index (κ1) is 13.9. The summed E-state index contributed by atoms with van der Waals surface area (Å²) in [6, 6.07) is 5.18. The maximum atomic E-state index is 13.9. The fourth-order valence-corrected chi connectivity index (χ4v) is 1.81. The predicted molar refractivity (Wildman–Crippen MR) is 71.0 cm³/mol. The van der Waals surface area contributed by atoms with Crippen molar-refractivity contribution in [2.45, 2.75) is 6.42 Å². The molecule has 1 rings (SSSR count). The number of nitrogens with zero attached hydrogens (tertiary/aromatic N) is 2. The largest absolute Gasteiger partial charge is 0.371 e. The van der Waals surface area contributed by atoms with Crippen LogP contribution >= 0.6 is 0 Å². The first-order valence-electron chi connectivity index (χ1n) is 5.89. The molecular formula is C13H22FN3. The van der Waals surface area contributed by atoms with Crippen LogP contribution in [-0.4, -0.2) is 45.7 Å². The Balaban J connectivity index is 2.86. The Bertz CT molecular complexity index is 353. The minimum absolute atomic E-state index is 0.169. The third-order valence-electron chi connectivity index (χ3n) is 2.75. The number of benzene rings is 1. The van der Waals surface area contributed by atoms with Crippen molar-refractivity contribution in [2.24, 2.45) is 5.73 Å². The fraction of sp³-hybridized carbons (Fsp3) is 0.538. The fourth-order valence-electron chi connectivity index (χ4n) is 1.81. The summed E-state index contributed by atoms with van der Waals surface area (Å²) in [7, 11) is 5.94. The van der Waals surface area contributed by atoms with E-state index in [1.54, 1.807) is 6.07 Å². The van der Waals surface area contributed by atoms with Gasteiger partial charge in [0.2, 0.25) is 0 Å². The van der Waals surface area contributed by atoms with Gasteiger partial charge in [0.25, 0.3) is 0 Å². The predicted octanol–water partition coefficient (Wildman–Crippen LogP) is 1.32. The molecule has 0 radical (unpaired) electrons. The van der Waals surface area contributed by atoms with Crippen LogP contribution in [0.15, 0.2) is 18.2 Å². The van der Waals surface area contributed by atoms with Crippen LogP contribution in [0.5, 0.6) is 0 Å². The SMILES string of the molecule is CN(C)CCN(C)c1c(F)cccc1CCN. The topological polar surface area (TPSA) is 32.5 Å². The minimum atomic E-state index is -0.169. The van der Waals surface area contributed by atoms with Crippen molar-refractivity contribution in [1.29, 1.82) is 0 Å². The van der Waals surface area contributed by atoms with Gasteiger partial charge in [-0.25, -0.2) is 4.39 Å². The van der Waals surface area contributed by atoms with Crippen LogP contribution in [0.4, 0.5) is 10.1 Å². The normalized spacial score (nSPS) is 10.9. The number of halogens is 1. The molecule has 0 aliphatic heterocycles. The van der Waals surface area contributed by atoms with Crippen molar-refractivity contribution >= 4 is 5.69 Å². The van der Waals surface area contributed by atoms with Crippen molar-refractivity contribution in [3.63, 3.8) is 0 Å². The molecule has 0 saturated heterocycles. The molecule has 4 heteroatoms. The maximum Gasteiger partial charge on any atom is 0.146 e. The Morgan fingerprint density at radius 2 is 1.88 bits per heavy atom. The molecule has 0 aliphatic carbocycles. The van der Waals surface area contributed by atoms with Crippen molar-refractivity contribution in [3.8, 4) is 0 Å². The summed E-state index contributed by atoms with van der Waals surface area (Å²) in [5.41, 5.74) is 7.21. The molecule has 0 bridgehead atoms. The van der Waals surface area contributed by atoms with Gasteiger partial charge >= 0.3 is 0 Å². The summed E-state index contributed by atoms with van der Waals surface area (Å²) in [5, 5.41) is 0. The van der Waals surface area contributed by atoms with Gasteiger partial charge in [0.1, 0.15) is 5.82 Å². The monoisotopic (exact) mass is 239 g/mol. The Kier molecular flexibility index (Phi) is 5.38. The standard InChI is InChI=1S/C13H22FN3/c1-16(2)9-10-17(3)13-11(7-8-15)5-4-6-12(13)14/h4-6H,7-10,15H2,1-3H3. The first-order valence-corrected chi connectivity index (χ1v) is 5.89. The van der Waals surface area contributed by atoms with Gasteiger partial charge in [0.15, 0.2) is 0 Å².